The molecular formula is C8H5Cl2O. The number of rotatable bonds is 2. The van der Waals surface area contributed by atoms with Gasteiger partial charge >= 0.3 is 0 Å². The Kier molecular flexibility index (Phi) is 2.92. The second kappa shape index (κ2) is 3.74. The van der Waals surface area contributed by atoms with E-state index in [0.717, 1.165) is 0 Å². The van der Waals surface area contributed by atoms with E-state index in [1.54, 1.807) is 24.5 Å². The third-order valence-corrected chi connectivity index (χ3v) is 1.87. The van der Waals surface area contributed by atoms with Crippen LogP contribution in [0.25, 0.3) is 0 Å². The molecule has 0 unspecified atom stereocenters. The molecule has 57 valence electrons. The van der Waals surface area contributed by atoms with Gasteiger partial charge in [0.05, 0.1) is 0 Å². The van der Waals surface area contributed by atoms with E-state index in [-0.39, 0.29) is 6.42 Å². The van der Waals surface area contributed by atoms with Crippen molar-refractivity contribution in [2.45, 2.75) is 6.42 Å². The van der Waals surface area contributed by atoms with Gasteiger partial charge in [0.15, 0.2) is 0 Å². The van der Waals surface area contributed by atoms with Crippen LogP contribution in [0.15, 0.2) is 18.2 Å². The highest BCUT2D eigenvalue weighted by Crippen LogP contribution is 2.20. The monoisotopic (exact) mass is 187 g/mol. The zero-order valence-corrected chi connectivity index (χ0v) is 7.12. The van der Waals surface area contributed by atoms with E-state index in [9.17, 15) is 4.79 Å². The molecule has 0 bridgehead atoms. The van der Waals surface area contributed by atoms with Crippen LogP contribution in [0.3, 0.4) is 0 Å². The van der Waals surface area contributed by atoms with Crippen LogP contribution in [-0.2, 0) is 11.2 Å². The largest absolute Gasteiger partial charge is 0.291 e. The molecule has 0 aliphatic carbocycles. The molecule has 0 fully saturated rings. The van der Waals surface area contributed by atoms with Gasteiger partial charge in [-0.05, 0) is 23.8 Å². The van der Waals surface area contributed by atoms with E-state index in [1.165, 1.54) is 0 Å². The van der Waals surface area contributed by atoms with Crippen LogP contribution in [0.5, 0.6) is 0 Å². The van der Waals surface area contributed by atoms with Crippen molar-refractivity contribution in [3.63, 3.8) is 0 Å². The summed E-state index contributed by atoms with van der Waals surface area (Å²) < 4.78 is 0. The Bertz CT molecular complexity index is 271. The Morgan fingerprint density at radius 1 is 1.36 bits per heavy atom. The molecule has 0 spiro atoms. The third-order valence-electron chi connectivity index (χ3n) is 1.27. The highest BCUT2D eigenvalue weighted by molar-refractivity contribution is 6.33. The SMILES string of the molecule is O=[C]Cc1cc(Cl)ccc1Cl. The fraction of sp³-hybridized carbons (Fsp3) is 0.125. The van der Waals surface area contributed by atoms with Crippen molar-refractivity contribution in [3.8, 4) is 0 Å². The Morgan fingerprint density at radius 2 is 2.09 bits per heavy atom. The molecule has 0 aliphatic heterocycles. The summed E-state index contributed by atoms with van der Waals surface area (Å²) in [5.74, 6) is 0. The molecule has 0 N–H and O–H groups in total. The summed E-state index contributed by atoms with van der Waals surface area (Å²) in [7, 11) is 0. The average Bonchev–Trinajstić information content (AvgIpc) is 1.98. The molecule has 3 heteroatoms. The number of hydrogen-bond acceptors (Lipinski definition) is 1. The zero-order chi connectivity index (χ0) is 8.27. The first kappa shape index (κ1) is 8.57. The molecule has 0 amide bonds. The minimum atomic E-state index is 0.194. The molecule has 1 nitrogen and oxygen atoms in total. The second-order valence-corrected chi connectivity index (χ2v) is 2.90. The van der Waals surface area contributed by atoms with Crippen LogP contribution in [0, 0.1) is 0 Å². The maximum Gasteiger partial charge on any atom is 0.203 e. The van der Waals surface area contributed by atoms with Gasteiger partial charge in [0, 0.05) is 16.5 Å². The van der Waals surface area contributed by atoms with E-state index in [1.807, 2.05) is 0 Å². The minimum absolute atomic E-state index is 0.194. The molecule has 1 aromatic rings. The van der Waals surface area contributed by atoms with Crippen molar-refractivity contribution in [1.82, 2.24) is 0 Å². The van der Waals surface area contributed by atoms with Crippen molar-refractivity contribution < 1.29 is 4.79 Å². The first-order valence-electron chi connectivity index (χ1n) is 3.03. The van der Waals surface area contributed by atoms with Gasteiger partial charge in [-0.3, -0.25) is 4.79 Å². The van der Waals surface area contributed by atoms with Crippen molar-refractivity contribution >= 4 is 29.5 Å². The van der Waals surface area contributed by atoms with Crippen LogP contribution in [0.4, 0.5) is 0 Å². The Balaban J connectivity index is 3.01. The van der Waals surface area contributed by atoms with Crippen LogP contribution in [0.1, 0.15) is 5.56 Å². The summed E-state index contributed by atoms with van der Waals surface area (Å²) in [6, 6.07) is 5.00. The van der Waals surface area contributed by atoms with E-state index in [0.29, 0.717) is 15.6 Å². The summed E-state index contributed by atoms with van der Waals surface area (Å²) in [4.78, 5) is 10.0. The summed E-state index contributed by atoms with van der Waals surface area (Å²) in [5, 5.41) is 1.14. The zero-order valence-electron chi connectivity index (χ0n) is 5.60. The van der Waals surface area contributed by atoms with Crippen LogP contribution >= 0.6 is 23.2 Å². The lowest BCUT2D eigenvalue weighted by molar-refractivity contribution is 0.555. The fourth-order valence-electron chi connectivity index (χ4n) is 0.757. The smallest absolute Gasteiger partial charge is 0.203 e. The third kappa shape index (κ3) is 2.21. The topological polar surface area (TPSA) is 17.1 Å². The fourth-order valence-corrected chi connectivity index (χ4v) is 1.14. The van der Waals surface area contributed by atoms with Gasteiger partial charge < -0.3 is 0 Å². The average molecular weight is 188 g/mol. The van der Waals surface area contributed by atoms with E-state index in [4.69, 9.17) is 23.2 Å². The number of carbonyl (C=O) groups excluding carboxylic acids is 1. The first-order chi connectivity index (χ1) is 5.24. The summed E-state index contributed by atoms with van der Waals surface area (Å²) in [6.07, 6.45) is 1.95. The molecule has 1 radical (unpaired) electrons. The summed E-state index contributed by atoms with van der Waals surface area (Å²) in [5.41, 5.74) is 0.717. The van der Waals surface area contributed by atoms with Gasteiger partial charge in [-0.1, -0.05) is 23.2 Å². The molecule has 0 heterocycles. The predicted molar refractivity (Wildman–Crippen MR) is 45.9 cm³/mol. The van der Waals surface area contributed by atoms with Crippen molar-refractivity contribution in [2.75, 3.05) is 0 Å². The number of benzene rings is 1. The maximum atomic E-state index is 10.0. The quantitative estimate of drug-likeness (QED) is 0.697. The second-order valence-electron chi connectivity index (χ2n) is 2.06. The lowest BCUT2D eigenvalue weighted by atomic mass is 10.2. The van der Waals surface area contributed by atoms with E-state index in [2.05, 4.69) is 0 Å². The van der Waals surface area contributed by atoms with Gasteiger partial charge in [0.2, 0.25) is 6.29 Å². The summed E-state index contributed by atoms with van der Waals surface area (Å²) in [6.45, 7) is 0. The highest BCUT2D eigenvalue weighted by Gasteiger charge is 1.99. The molecular weight excluding hydrogens is 183 g/mol. The molecule has 0 atom stereocenters. The van der Waals surface area contributed by atoms with E-state index < -0.39 is 0 Å². The van der Waals surface area contributed by atoms with Gasteiger partial charge in [0.1, 0.15) is 0 Å². The minimum Gasteiger partial charge on any atom is -0.291 e. The van der Waals surface area contributed by atoms with Gasteiger partial charge in [-0.15, -0.1) is 0 Å². The molecule has 1 rings (SSSR count). The molecule has 0 saturated heterocycles. The first-order valence-corrected chi connectivity index (χ1v) is 3.78. The predicted octanol–water partition coefficient (Wildman–Crippen LogP) is 2.65. The van der Waals surface area contributed by atoms with Crippen molar-refractivity contribution in [3.05, 3.63) is 33.8 Å². The molecule has 0 saturated carbocycles. The number of halogens is 2. The van der Waals surface area contributed by atoms with E-state index >= 15 is 0 Å². The number of hydrogen-bond donors (Lipinski definition) is 0. The lowest BCUT2D eigenvalue weighted by Gasteiger charge is -1.98. The van der Waals surface area contributed by atoms with Gasteiger partial charge in [-0.2, -0.15) is 0 Å². The molecule has 0 aromatic heterocycles. The molecule has 1 aromatic carbocycles. The Morgan fingerprint density at radius 3 is 2.73 bits per heavy atom. The lowest BCUT2D eigenvalue weighted by Crippen LogP contribution is -1.86. The highest BCUT2D eigenvalue weighted by atomic mass is 35.5. The van der Waals surface area contributed by atoms with Crippen LogP contribution in [0.2, 0.25) is 10.0 Å². The Labute approximate surface area is 74.9 Å². The van der Waals surface area contributed by atoms with Crippen molar-refractivity contribution in [1.29, 1.82) is 0 Å². The van der Waals surface area contributed by atoms with Crippen LogP contribution < -0.4 is 0 Å². The van der Waals surface area contributed by atoms with Crippen molar-refractivity contribution in [2.24, 2.45) is 0 Å². The molecule has 11 heavy (non-hydrogen) atoms. The van der Waals surface area contributed by atoms with Gasteiger partial charge in [-0.25, -0.2) is 0 Å². The normalized spacial score (nSPS) is 9.64. The summed E-state index contributed by atoms with van der Waals surface area (Å²) >= 11 is 11.4. The van der Waals surface area contributed by atoms with Gasteiger partial charge in [0.25, 0.3) is 0 Å². The molecule has 0 aliphatic rings. The maximum absolute atomic E-state index is 10.0. The van der Waals surface area contributed by atoms with Crippen LogP contribution in [-0.4, -0.2) is 6.29 Å². The standard InChI is InChI=1S/C8H5Cl2O/c9-7-1-2-8(10)6(5-7)3-4-11/h1-2,5H,3H2. The Hall–Kier alpha value is -0.530.